The molecule has 17 heteroatoms. The number of cyclic esters (lactones) is 1. The largest absolute Gasteiger partial charge is 0.464 e. The van der Waals surface area contributed by atoms with E-state index in [4.69, 9.17) is 33.7 Å². The smallest absolute Gasteiger partial charge is 0.324 e. The molecule has 7 fully saturated rings. The number of carbonyl (C=O) groups excluding carboxylic acids is 3. The highest BCUT2D eigenvalue weighted by atomic mass is 32.1. The Morgan fingerprint density at radius 3 is 2.45 bits per heavy atom. The van der Waals surface area contributed by atoms with Crippen molar-refractivity contribution in [3.8, 4) is 22.5 Å². The summed E-state index contributed by atoms with van der Waals surface area (Å²) in [5.41, 5.74) is 10.6. The summed E-state index contributed by atoms with van der Waals surface area (Å²) in [6.45, 7) is 21.4. The van der Waals surface area contributed by atoms with Crippen LogP contribution in [0.2, 0.25) is 0 Å². The average Bonchev–Trinajstić information content (AvgIpc) is 4.26. The van der Waals surface area contributed by atoms with Crippen LogP contribution in [0.5, 0.6) is 0 Å². The number of nitrogens with one attached hydrogen (secondary N) is 2. The van der Waals surface area contributed by atoms with E-state index in [9.17, 15) is 9.59 Å². The number of aromatic nitrogens is 3. The molecule has 2 amide bonds. The van der Waals surface area contributed by atoms with Crippen molar-refractivity contribution in [2.45, 2.75) is 186 Å². The maximum Gasteiger partial charge on any atom is 0.324 e. The van der Waals surface area contributed by atoms with E-state index in [1.165, 1.54) is 36.2 Å². The van der Waals surface area contributed by atoms with Crippen molar-refractivity contribution in [2.24, 2.45) is 16.2 Å². The SMILES string of the molecule is CO[C@@H](C)c1ncc(C2CCN(C3CC3)CC2)cc1-c1c2c3cc(ccc3n1CCO[C@H]1CCOC(C)(C)C1)-c1csc(n1)[C@@H](N1CC3(CCC3)C1)[C@H](NC(=O)[C@@H]1OCC1(C)C)C(=O)N1CCC[C@H](N1)C(=O)OCC(C)(C)C2. The number of thiazole rings is 1. The third kappa shape index (κ3) is 10.7. The Morgan fingerprint density at radius 2 is 1.76 bits per heavy atom. The molecule has 2 saturated carbocycles. The number of likely N-dealkylation sites (tertiary alicyclic amines) is 2. The van der Waals surface area contributed by atoms with E-state index in [2.05, 4.69) is 95.6 Å². The summed E-state index contributed by atoms with van der Waals surface area (Å²) >= 11 is 1.54. The van der Waals surface area contributed by atoms with Gasteiger partial charge in [-0.2, -0.15) is 0 Å². The van der Waals surface area contributed by atoms with Crippen molar-refractivity contribution < 1.29 is 38.1 Å². The number of nitrogens with zero attached hydrogens (tertiary/aromatic N) is 6. The monoisotopic (exact) mass is 1090 g/mol. The lowest BCUT2D eigenvalue weighted by Crippen LogP contribution is -2.68. The van der Waals surface area contributed by atoms with Crippen LogP contribution in [-0.4, -0.2) is 149 Å². The van der Waals surface area contributed by atoms with Gasteiger partial charge in [0.1, 0.15) is 23.2 Å². The molecule has 6 atom stereocenters. The molecule has 78 heavy (non-hydrogen) atoms. The second-order valence-electron chi connectivity index (χ2n) is 26.6. The fourth-order valence-corrected chi connectivity index (χ4v) is 15.0. The topological polar surface area (TPSA) is 162 Å². The molecule has 5 saturated heterocycles. The summed E-state index contributed by atoms with van der Waals surface area (Å²) in [6.07, 6.45) is 12.9. The van der Waals surface area contributed by atoms with Crippen molar-refractivity contribution in [3.63, 3.8) is 0 Å². The van der Waals surface area contributed by atoms with Gasteiger partial charge >= 0.3 is 5.97 Å². The Labute approximate surface area is 465 Å². The summed E-state index contributed by atoms with van der Waals surface area (Å²) in [6, 6.07) is 7.57. The van der Waals surface area contributed by atoms with Gasteiger partial charge in [0.15, 0.2) is 0 Å². The molecule has 0 unspecified atom stereocenters. The van der Waals surface area contributed by atoms with Crippen LogP contribution >= 0.6 is 11.3 Å². The van der Waals surface area contributed by atoms with Crippen LogP contribution in [0.15, 0.2) is 35.8 Å². The number of hydrazine groups is 1. The van der Waals surface area contributed by atoms with Crippen LogP contribution in [0.3, 0.4) is 0 Å². The predicted molar refractivity (Wildman–Crippen MR) is 300 cm³/mol. The van der Waals surface area contributed by atoms with Crippen molar-refractivity contribution in [3.05, 3.63) is 57.7 Å². The van der Waals surface area contributed by atoms with Crippen molar-refractivity contribution in [1.29, 1.82) is 0 Å². The number of pyridine rings is 1. The number of hydrogen-bond donors (Lipinski definition) is 2. The summed E-state index contributed by atoms with van der Waals surface area (Å²) in [5, 5.41) is 8.77. The maximum atomic E-state index is 15.3. The fourth-order valence-electron chi connectivity index (χ4n) is 14.0. The predicted octanol–water partition coefficient (Wildman–Crippen LogP) is 8.91. The Bertz CT molecular complexity index is 2890. The lowest BCUT2D eigenvalue weighted by molar-refractivity contribution is -0.186. The zero-order valence-corrected chi connectivity index (χ0v) is 48.3. The minimum Gasteiger partial charge on any atom is -0.464 e. The summed E-state index contributed by atoms with van der Waals surface area (Å²) in [5.74, 6) is -0.629. The number of piperidine rings is 1. The second-order valence-corrected chi connectivity index (χ2v) is 27.5. The average molecular weight is 1090 g/mol. The Balaban J connectivity index is 1.00. The number of esters is 1. The van der Waals surface area contributed by atoms with Crippen LogP contribution in [0, 0.1) is 16.2 Å². The fraction of sp³-hybridized carbons (Fsp3) is 0.689. The highest BCUT2D eigenvalue weighted by Crippen LogP contribution is 2.52. The lowest BCUT2D eigenvalue weighted by atomic mass is 9.63. The van der Waals surface area contributed by atoms with Gasteiger partial charge in [0.05, 0.1) is 60.8 Å². The van der Waals surface area contributed by atoms with Crippen molar-refractivity contribution in [1.82, 2.24) is 40.1 Å². The molecule has 12 rings (SSSR count). The zero-order valence-electron chi connectivity index (χ0n) is 47.5. The molecule has 4 aromatic rings. The summed E-state index contributed by atoms with van der Waals surface area (Å²) < 4.78 is 33.8. The Kier molecular flexibility index (Phi) is 14.8. The quantitative estimate of drug-likeness (QED) is 0.130. The molecule has 2 N–H and O–H groups in total. The van der Waals surface area contributed by atoms with Gasteiger partial charge in [-0.15, -0.1) is 11.3 Å². The van der Waals surface area contributed by atoms with Crippen LogP contribution in [-0.2, 0) is 51.0 Å². The number of ether oxygens (including phenoxy) is 5. The molecule has 2 aliphatic carbocycles. The Morgan fingerprint density at radius 1 is 0.962 bits per heavy atom. The molecule has 0 radical (unpaired) electrons. The molecule has 6 aliphatic heterocycles. The van der Waals surface area contributed by atoms with E-state index >= 15 is 4.79 Å². The van der Waals surface area contributed by atoms with Crippen molar-refractivity contribution >= 4 is 40.0 Å². The van der Waals surface area contributed by atoms with Gasteiger partial charge in [-0.1, -0.05) is 40.2 Å². The van der Waals surface area contributed by atoms with Gasteiger partial charge < -0.3 is 38.5 Å². The first-order valence-electron chi connectivity index (χ1n) is 29.4. The maximum absolute atomic E-state index is 15.3. The third-order valence-electron chi connectivity index (χ3n) is 18.9. The number of fused-ring (bicyclic) bond motifs is 6. The minimum absolute atomic E-state index is 0.0795. The van der Waals surface area contributed by atoms with Gasteiger partial charge in [-0.05, 0) is 139 Å². The first-order chi connectivity index (χ1) is 37.4. The van der Waals surface area contributed by atoms with Crippen LogP contribution < -0.4 is 10.7 Å². The molecular weight excluding hydrogens is 1000 g/mol. The van der Waals surface area contributed by atoms with E-state index in [-0.39, 0.29) is 47.1 Å². The number of carbonyl (C=O) groups is 3. The molecule has 1 aromatic carbocycles. The number of rotatable bonds is 12. The van der Waals surface area contributed by atoms with E-state index in [0.717, 1.165) is 120 Å². The molecule has 3 aromatic heterocycles. The molecule has 9 heterocycles. The van der Waals surface area contributed by atoms with Gasteiger partial charge in [0.2, 0.25) is 5.91 Å². The van der Waals surface area contributed by atoms with Crippen molar-refractivity contribution in [2.75, 3.05) is 66.3 Å². The van der Waals surface area contributed by atoms with Crippen LogP contribution in [0.1, 0.15) is 159 Å². The number of amides is 2. The standard InChI is InChI=1S/C61H84N8O8S/c1-37(73-8)49-44(28-40(31-62-49)38-16-22-66(23-17-38)41-13-14-41)51-45-30-58(2,3)35-76-57(72)46-11-9-21-69(65-46)56(71)50(64-54(70)53-59(4,5)36-75-53)52(67-33-61(34-67)19-10-20-61)55-63-47(32-78-55)39-12-15-48(43(45)27-39)68(51)24-26-74-42-18-25-77-60(6,7)29-42/h12,15,27-28,31-32,37-38,41-42,46,50,52-53,65H,9-11,13-14,16-26,29-30,33-36H2,1-8H3,(H,64,70)/t37-,42-,46-,50-,52-,53-/m0/s1. The third-order valence-corrected chi connectivity index (χ3v) is 19.8. The molecule has 1 spiro atoms. The molecule has 16 nitrogen and oxygen atoms in total. The van der Waals surface area contributed by atoms with Gasteiger partial charge in [-0.3, -0.25) is 29.3 Å². The molecule has 6 bridgehead atoms. The van der Waals surface area contributed by atoms with Gasteiger partial charge in [0.25, 0.3) is 5.91 Å². The number of benzene rings is 1. The van der Waals surface area contributed by atoms with E-state index in [1.807, 2.05) is 13.8 Å². The van der Waals surface area contributed by atoms with Gasteiger partial charge in [0, 0.05) is 96.8 Å². The first kappa shape index (κ1) is 54.3. The molecule has 422 valence electrons. The Hall–Kier alpha value is -4.33. The zero-order chi connectivity index (χ0) is 54.3. The van der Waals surface area contributed by atoms with Crippen LogP contribution in [0.25, 0.3) is 33.4 Å². The second kappa shape index (κ2) is 21.2. The number of hydrogen-bond acceptors (Lipinski definition) is 14. The highest BCUT2D eigenvalue weighted by Gasteiger charge is 2.54. The molecular formula is C61H84N8O8S. The minimum atomic E-state index is -1.01. The summed E-state index contributed by atoms with van der Waals surface area (Å²) in [7, 11) is 1.76. The van der Waals surface area contributed by atoms with E-state index < -0.39 is 35.6 Å². The number of methoxy groups -OCH3 is 1. The highest BCUT2D eigenvalue weighted by molar-refractivity contribution is 7.10. The van der Waals surface area contributed by atoms with Crippen LogP contribution in [0.4, 0.5) is 0 Å². The first-order valence-corrected chi connectivity index (χ1v) is 30.3. The van der Waals surface area contributed by atoms with Gasteiger partial charge in [-0.25, -0.2) is 10.4 Å². The normalized spacial score (nSPS) is 28.8. The van der Waals surface area contributed by atoms with E-state index in [1.54, 1.807) is 12.1 Å². The molecule has 8 aliphatic rings. The summed E-state index contributed by atoms with van der Waals surface area (Å²) in [4.78, 5) is 60.0. The lowest BCUT2D eigenvalue weighted by Gasteiger charge is -2.59. The van der Waals surface area contributed by atoms with E-state index in [0.29, 0.717) is 58.1 Å².